The summed E-state index contributed by atoms with van der Waals surface area (Å²) in [6.45, 7) is 0. The first-order valence-electron chi connectivity index (χ1n) is 5.37. The largest absolute Gasteiger partial charge is 0.453 e. The van der Waals surface area contributed by atoms with Crippen LogP contribution in [0.4, 0.5) is 0 Å². The summed E-state index contributed by atoms with van der Waals surface area (Å²) in [4.78, 5) is 12.2. The Morgan fingerprint density at radius 2 is 2.17 bits per heavy atom. The third-order valence-electron chi connectivity index (χ3n) is 2.76. The highest BCUT2D eigenvalue weighted by Gasteiger charge is 2.17. The third-order valence-corrected chi connectivity index (χ3v) is 3.25. The van der Waals surface area contributed by atoms with Crippen molar-refractivity contribution in [3.63, 3.8) is 0 Å². The van der Waals surface area contributed by atoms with Crippen molar-refractivity contribution in [1.82, 2.24) is 9.78 Å². The zero-order valence-electron chi connectivity index (χ0n) is 9.55. The maximum atomic E-state index is 12.2. The molecule has 0 bridgehead atoms. The molecule has 2 aromatic heterocycles. The van der Waals surface area contributed by atoms with E-state index in [-0.39, 0.29) is 5.78 Å². The molecule has 0 spiro atoms. The lowest BCUT2D eigenvalue weighted by Gasteiger charge is -1.96. The topological polar surface area (TPSA) is 48.0 Å². The predicted molar refractivity (Wildman–Crippen MR) is 70.6 cm³/mol. The van der Waals surface area contributed by atoms with Gasteiger partial charge in [-0.1, -0.05) is 15.9 Å². The molecule has 18 heavy (non-hydrogen) atoms. The Kier molecular flexibility index (Phi) is 2.56. The van der Waals surface area contributed by atoms with E-state index >= 15 is 0 Å². The second kappa shape index (κ2) is 4.10. The molecule has 3 aromatic rings. The molecule has 0 aliphatic heterocycles. The van der Waals surface area contributed by atoms with Gasteiger partial charge in [0.2, 0.25) is 5.78 Å². The number of halogens is 1. The van der Waals surface area contributed by atoms with Gasteiger partial charge in [-0.05, 0) is 30.3 Å². The first kappa shape index (κ1) is 11.2. The Morgan fingerprint density at radius 3 is 2.89 bits per heavy atom. The number of aryl methyl sites for hydroxylation is 1. The van der Waals surface area contributed by atoms with E-state index in [1.807, 2.05) is 18.2 Å². The summed E-state index contributed by atoms with van der Waals surface area (Å²) in [5, 5.41) is 4.88. The molecule has 2 heterocycles. The second-order valence-electron chi connectivity index (χ2n) is 3.96. The number of aromatic nitrogens is 2. The highest BCUT2D eigenvalue weighted by atomic mass is 79.9. The van der Waals surface area contributed by atoms with Crippen molar-refractivity contribution in [3.8, 4) is 0 Å². The monoisotopic (exact) mass is 304 g/mol. The van der Waals surface area contributed by atoms with Crippen molar-refractivity contribution in [2.45, 2.75) is 0 Å². The van der Waals surface area contributed by atoms with Gasteiger partial charge in [0.1, 0.15) is 11.3 Å². The summed E-state index contributed by atoms with van der Waals surface area (Å²) in [5.74, 6) is 0.161. The Hall–Kier alpha value is -1.88. The maximum Gasteiger partial charge on any atom is 0.246 e. The van der Waals surface area contributed by atoms with E-state index < -0.39 is 0 Å². The van der Waals surface area contributed by atoms with Gasteiger partial charge in [0, 0.05) is 23.1 Å². The number of hydrogen-bond acceptors (Lipinski definition) is 3. The van der Waals surface area contributed by atoms with Gasteiger partial charge in [0.25, 0.3) is 0 Å². The van der Waals surface area contributed by atoms with E-state index in [0.29, 0.717) is 17.0 Å². The summed E-state index contributed by atoms with van der Waals surface area (Å²) in [5.41, 5.74) is 1.21. The molecule has 3 rings (SSSR count). The fourth-order valence-corrected chi connectivity index (χ4v) is 2.23. The molecule has 0 saturated carbocycles. The minimum Gasteiger partial charge on any atom is -0.453 e. The summed E-state index contributed by atoms with van der Waals surface area (Å²) in [7, 11) is 1.73. The van der Waals surface area contributed by atoms with Crippen LogP contribution in [0.1, 0.15) is 16.2 Å². The summed E-state index contributed by atoms with van der Waals surface area (Å²) >= 11 is 3.39. The number of fused-ring (bicyclic) bond motifs is 1. The van der Waals surface area contributed by atoms with E-state index in [2.05, 4.69) is 21.0 Å². The van der Waals surface area contributed by atoms with E-state index in [9.17, 15) is 4.79 Å². The van der Waals surface area contributed by atoms with Gasteiger partial charge in [-0.15, -0.1) is 0 Å². The molecule has 0 atom stereocenters. The first-order valence-corrected chi connectivity index (χ1v) is 6.16. The number of furan rings is 1. The van der Waals surface area contributed by atoms with Crippen molar-refractivity contribution >= 4 is 32.7 Å². The van der Waals surface area contributed by atoms with Crippen LogP contribution >= 0.6 is 15.9 Å². The molecule has 5 heteroatoms. The van der Waals surface area contributed by atoms with Gasteiger partial charge in [0.15, 0.2) is 5.76 Å². The van der Waals surface area contributed by atoms with Crippen LogP contribution in [0.25, 0.3) is 11.0 Å². The third kappa shape index (κ3) is 1.76. The van der Waals surface area contributed by atoms with Gasteiger partial charge in [-0.25, -0.2) is 0 Å². The van der Waals surface area contributed by atoms with Crippen LogP contribution in [0.15, 0.2) is 45.4 Å². The van der Waals surface area contributed by atoms with Crippen LogP contribution in [-0.4, -0.2) is 15.6 Å². The molecule has 0 unspecified atom stereocenters. The van der Waals surface area contributed by atoms with Gasteiger partial charge in [0.05, 0.1) is 0 Å². The van der Waals surface area contributed by atoms with E-state index in [0.717, 1.165) is 9.86 Å². The highest BCUT2D eigenvalue weighted by molar-refractivity contribution is 9.10. The van der Waals surface area contributed by atoms with Gasteiger partial charge >= 0.3 is 0 Å². The van der Waals surface area contributed by atoms with E-state index in [1.54, 1.807) is 25.4 Å². The Labute approximate surface area is 111 Å². The molecular formula is C13H9BrN2O2. The van der Waals surface area contributed by atoms with Crippen LogP contribution in [0, 0.1) is 0 Å². The van der Waals surface area contributed by atoms with Crippen molar-refractivity contribution in [2.75, 3.05) is 0 Å². The number of nitrogens with zero attached hydrogens (tertiary/aromatic N) is 2. The zero-order chi connectivity index (χ0) is 12.7. The normalized spacial score (nSPS) is 11.0. The lowest BCUT2D eigenvalue weighted by Crippen LogP contribution is -2.06. The molecule has 1 aromatic carbocycles. The molecule has 0 radical (unpaired) electrons. The minimum atomic E-state index is -0.165. The van der Waals surface area contributed by atoms with Crippen molar-refractivity contribution in [3.05, 3.63) is 52.5 Å². The number of carbonyl (C=O) groups is 1. The van der Waals surface area contributed by atoms with Crippen LogP contribution in [-0.2, 0) is 7.05 Å². The van der Waals surface area contributed by atoms with Crippen molar-refractivity contribution in [1.29, 1.82) is 0 Å². The average molecular weight is 305 g/mol. The van der Waals surface area contributed by atoms with Crippen molar-refractivity contribution < 1.29 is 9.21 Å². The van der Waals surface area contributed by atoms with Gasteiger partial charge < -0.3 is 4.42 Å². The first-order chi connectivity index (χ1) is 8.65. The number of ketones is 1. The highest BCUT2D eigenvalue weighted by Crippen LogP contribution is 2.24. The van der Waals surface area contributed by atoms with E-state index in [1.165, 1.54) is 4.68 Å². The Balaban J connectivity index is 2.10. The molecular weight excluding hydrogens is 296 g/mol. The number of hydrogen-bond donors (Lipinski definition) is 0. The molecule has 0 aliphatic rings. The fraction of sp³-hybridized carbons (Fsp3) is 0.0769. The smallest absolute Gasteiger partial charge is 0.246 e. The summed E-state index contributed by atoms with van der Waals surface area (Å²) < 4.78 is 8.04. The van der Waals surface area contributed by atoms with Crippen LogP contribution in [0.3, 0.4) is 0 Å². The maximum absolute atomic E-state index is 12.2. The molecule has 0 saturated heterocycles. The van der Waals surface area contributed by atoms with Crippen LogP contribution in [0.2, 0.25) is 0 Å². The Bertz CT molecular complexity index is 742. The average Bonchev–Trinajstić information content (AvgIpc) is 2.93. The number of rotatable bonds is 2. The summed E-state index contributed by atoms with van der Waals surface area (Å²) in [6, 6.07) is 9.04. The molecule has 4 nitrogen and oxygen atoms in total. The number of carbonyl (C=O) groups excluding carboxylic acids is 1. The van der Waals surface area contributed by atoms with Gasteiger partial charge in [-0.2, -0.15) is 5.10 Å². The Morgan fingerprint density at radius 1 is 1.33 bits per heavy atom. The lowest BCUT2D eigenvalue weighted by atomic mass is 10.2. The molecule has 0 aliphatic carbocycles. The van der Waals surface area contributed by atoms with Crippen LogP contribution in [0.5, 0.6) is 0 Å². The molecule has 0 fully saturated rings. The fourth-order valence-electron chi connectivity index (χ4n) is 1.85. The predicted octanol–water partition coefficient (Wildman–Crippen LogP) is 3.16. The standard InChI is InChI=1S/C13H9BrN2O2/c1-16-10(4-5-15-16)13(17)12-7-8-6-9(14)2-3-11(8)18-12/h2-7H,1H3. The molecule has 0 amide bonds. The quantitative estimate of drug-likeness (QED) is 0.683. The lowest BCUT2D eigenvalue weighted by molar-refractivity contribution is 0.100. The van der Waals surface area contributed by atoms with E-state index in [4.69, 9.17) is 4.42 Å². The van der Waals surface area contributed by atoms with Crippen molar-refractivity contribution in [2.24, 2.45) is 7.05 Å². The minimum absolute atomic E-state index is 0.165. The second-order valence-corrected chi connectivity index (χ2v) is 4.88. The number of benzene rings is 1. The van der Waals surface area contributed by atoms with Gasteiger partial charge in [-0.3, -0.25) is 9.48 Å². The summed E-state index contributed by atoms with van der Waals surface area (Å²) in [6.07, 6.45) is 1.59. The molecule has 0 N–H and O–H groups in total. The zero-order valence-corrected chi connectivity index (χ0v) is 11.1. The SMILES string of the molecule is Cn1nccc1C(=O)c1cc2cc(Br)ccc2o1. The molecule has 90 valence electrons. The van der Waals surface area contributed by atoms with Crippen LogP contribution < -0.4 is 0 Å².